The fourth-order valence-electron chi connectivity index (χ4n) is 0.742. The first kappa shape index (κ1) is 8.07. The van der Waals surface area contributed by atoms with Gasteiger partial charge < -0.3 is 11.6 Å². The molecule has 5 heteroatoms. The standard InChI is InChI=1S/C5H11N3S2/c6-5(8-7)4-3-9-1-2-10-4/h4H,1-3,7H2,(H2,6,8). The lowest BCUT2D eigenvalue weighted by Crippen LogP contribution is -2.32. The lowest BCUT2D eigenvalue weighted by Gasteiger charge is -2.19. The average molecular weight is 177 g/mol. The van der Waals surface area contributed by atoms with Crippen LogP contribution < -0.4 is 11.6 Å². The summed E-state index contributed by atoms with van der Waals surface area (Å²) in [6.45, 7) is 0. The van der Waals surface area contributed by atoms with Crippen molar-refractivity contribution in [2.24, 2.45) is 16.7 Å². The normalized spacial score (nSPS) is 28.4. The van der Waals surface area contributed by atoms with E-state index in [4.69, 9.17) is 11.6 Å². The van der Waals surface area contributed by atoms with E-state index in [1.807, 2.05) is 23.5 Å². The molecule has 1 aliphatic rings. The van der Waals surface area contributed by atoms with Gasteiger partial charge in [0.25, 0.3) is 0 Å². The SMILES string of the molecule is NN=C(N)C1CSCCS1. The highest BCUT2D eigenvalue weighted by Crippen LogP contribution is 2.23. The molecule has 1 heterocycles. The summed E-state index contributed by atoms with van der Waals surface area (Å²) in [6, 6.07) is 0. The molecule has 1 fully saturated rings. The Morgan fingerprint density at radius 3 is 2.80 bits per heavy atom. The van der Waals surface area contributed by atoms with Crippen LogP contribution in [0.2, 0.25) is 0 Å². The first-order valence-electron chi connectivity index (χ1n) is 3.07. The summed E-state index contributed by atoms with van der Waals surface area (Å²) in [7, 11) is 0. The van der Waals surface area contributed by atoms with Gasteiger partial charge >= 0.3 is 0 Å². The minimum absolute atomic E-state index is 0.351. The van der Waals surface area contributed by atoms with Crippen molar-refractivity contribution in [3.8, 4) is 0 Å². The highest BCUT2D eigenvalue weighted by Gasteiger charge is 2.17. The van der Waals surface area contributed by atoms with Crippen LogP contribution in [0.4, 0.5) is 0 Å². The molecule has 1 aliphatic heterocycles. The predicted molar refractivity (Wildman–Crippen MR) is 49.4 cm³/mol. The lowest BCUT2D eigenvalue weighted by atomic mass is 10.4. The first-order chi connectivity index (χ1) is 4.84. The summed E-state index contributed by atoms with van der Waals surface area (Å²) < 4.78 is 0. The fraction of sp³-hybridized carbons (Fsp3) is 0.800. The van der Waals surface area contributed by atoms with E-state index in [1.165, 1.54) is 5.75 Å². The largest absolute Gasteiger partial charge is 0.385 e. The highest BCUT2D eigenvalue weighted by atomic mass is 32.2. The minimum atomic E-state index is 0.351. The van der Waals surface area contributed by atoms with Crippen molar-refractivity contribution in [1.82, 2.24) is 0 Å². The number of hydrogen-bond acceptors (Lipinski definition) is 4. The number of hydrazone groups is 1. The van der Waals surface area contributed by atoms with E-state index >= 15 is 0 Å². The maximum Gasteiger partial charge on any atom is 0.133 e. The van der Waals surface area contributed by atoms with Gasteiger partial charge in [0, 0.05) is 17.3 Å². The van der Waals surface area contributed by atoms with Crippen LogP contribution in [0.25, 0.3) is 0 Å². The Labute approximate surface area is 69.0 Å². The van der Waals surface area contributed by atoms with E-state index in [9.17, 15) is 0 Å². The molecule has 1 atom stereocenters. The number of nitrogens with zero attached hydrogens (tertiary/aromatic N) is 1. The zero-order valence-corrected chi connectivity index (χ0v) is 7.25. The van der Waals surface area contributed by atoms with E-state index in [2.05, 4.69) is 5.10 Å². The van der Waals surface area contributed by atoms with Gasteiger partial charge in [-0.3, -0.25) is 0 Å². The number of amidine groups is 1. The zero-order chi connectivity index (χ0) is 7.40. The summed E-state index contributed by atoms with van der Waals surface area (Å²) in [5.41, 5.74) is 5.54. The van der Waals surface area contributed by atoms with E-state index in [-0.39, 0.29) is 0 Å². The molecule has 58 valence electrons. The van der Waals surface area contributed by atoms with E-state index < -0.39 is 0 Å². The fourth-order valence-corrected chi connectivity index (χ4v) is 3.34. The van der Waals surface area contributed by atoms with Crippen molar-refractivity contribution in [3.63, 3.8) is 0 Å². The Morgan fingerprint density at radius 1 is 1.50 bits per heavy atom. The van der Waals surface area contributed by atoms with E-state index in [0.717, 1.165) is 11.5 Å². The van der Waals surface area contributed by atoms with Gasteiger partial charge in [0.2, 0.25) is 0 Å². The predicted octanol–water partition coefficient (Wildman–Crippen LogP) is 0.0659. The van der Waals surface area contributed by atoms with Crippen LogP contribution in [-0.2, 0) is 0 Å². The van der Waals surface area contributed by atoms with Crippen LogP contribution in [-0.4, -0.2) is 28.3 Å². The molecule has 0 aromatic rings. The highest BCUT2D eigenvalue weighted by molar-refractivity contribution is 8.07. The molecule has 0 aromatic carbocycles. The third-order valence-electron chi connectivity index (χ3n) is 1.29. The second-order valence-corrected chi connectivity index (χ2v) is 4.45. The molecule has 0 aromatic heterocycles. The van der Waals surface area contributed by atoms with E-state index in [1.54, 1.807) is 0 Å². The van der Waals surface area contributed by atoms with Crippen LogP contribution in [0.5, 0.6) is 0 Å². The second kappa shape index (κ2) is 3.98. The van der Waals surface area contributed by atoms with Crippen molar-refractivity contribution in [2.75, 3.05) is 17.3 Å². The van der Waals surface area contributed by atoms with Crippen molar-refractivity contribution < 1.29 is 0 Å². The molecular formula is C5H11N3S2. The van der Waals surface area contributed by atoms with Gasteiger partial charge in [0.05, 0.1) is 5.25 Å². The van der Waals surface area contributed by atoms with Gasteiger partial charge in [0.15, 0.2) is 0 Å². The lowest BCUT2D eigenvalue weighted by molar-refractivity contribution is 1.16. The topological polar surface area (TPSA) is 64.4 Å². The van der Waals surface area contributed by atoms with E-state index in [0.29, 0.717) is 11.1 Å². The molecule has 1 saturated heterocycles. The van der Waals surface area contributed by atoms with Crippen LogP contribution in [0, 0.1) is 0 Å². The summed E-state index contributed by atoms with van der Waals surface area (Å²) in [5.74, 6) is 9.06. The van der Waals surface area contributed by atoms with Crippen LogP contribution in [0.15, 0.2) is 5.10 Å². The molecule has 0 spiro atoms. The maximum atomic E-state index is 5.54. The zero-order valence-electron chi connectivity index (χ0n) is 5.62. The summed E-state index contributed by atoms with van der Waals surface area (Å²) >= 11 is 3.75. The van der Waals surface area contributed by atoms with Crippen LogP contribution in [0.1, 0.15) is 0 Å². The Bertz CT molecular complexity index is 131. The smallest absolute Gasteiger partial charge is 0.133 e. The van der Waals surface area contributed by atoms with Crippen molar-refractivity contribution in [3.05, 3.63) is 0 Å². The monoisotopic (exact) mass is 177 g/mol. The molecule has 0 saturated carbocycles. The van der Waals surface area contributed by atoms with Gasteiger partial charge in [-0.1, -0.05) is 0 Å². The van der Waals surface area contributed by atoms with Crippen molar-refractivity contribution in [2.45, 2.75) is 5.25 Å². The molecule has 0 bridgehead atoms. The van der Waals surface area contributed by atoms with Crippen molar-refractivity contribution in [1.29, 1.82) is 0 Å². The number of hydrogen-bond donors (Lipinski definition) is 2. The molecule has 1 unspecified atom stereocenters. The Kier molecular flexibility index (Phi) is 3.21. The molecule has 3 nitrogen and oxygen atoms in total. The van der Waals surface area contributed by atoms with Gasteiger partial charge in [-0.05, 0) is 0 Å². The molecule has 0 aliphatic carbocycles. The molecule has 1 rings (SSSR count). The third kappa shape index (κ3) is 1.98. The van der Waals surface area contributed by atoms with Crippen molar-refractivity contribution >= 4 is 29.4 Å². The number of rotatable bonds is 1. The quantitative estimate of drug-likeness (QED) is 0.257. The second-order valence-electron chi connectivity index (χ2n) is 1.99. The molecule has 0 radical (unpaired) electrons. The van der Waals surface area contributed by atoms with Gasteiger partial charge in [-0.25, -0.2) is 0 Å². The summed E-state index contributed by atoms with van der Waals surface area (Å²) in [5, 5.41) is 3.82. The summed E-state index contributed by atoms with van der Waals surface area (Å²) in [4.78, 5) is 0. The Morgan fingerprint density at radius 2 is 2.30 bits per heavy atom. The molecular weight excluding hydrogens is 166 g/mol. The number of nitrogens with two attached hydrogens (primary N) is 2. The minimum Gasteiger partial charge on any atom is -0.385 e. The van der Waals surface area contributed by atoms with Crippen LogP contribution in [0.3, 0.4) is 0 Å². The third-order valence-corrected chi connectivity index (χ3v) is 4.08. The first-order valence-corrected chi connectivity index (χ1v) is 5.27. The van der Waals surface area contributed by atoms with Gasteiger partial charge in [0.1, 0.15) is 5.84 Å². The summed E-state index contributed by atoms with van der Waals surface area (Å²) in [6.07, 6.45) is 0. The Hall–Kier alpha value is -0.0300. The number of thioether (sulfide) groups is 2. The van der Waals surface area contributed by atoms with Crippen LogP contribution >= 0.6 is 23.5 Å². The Balaban J connectivity index is 2.39. The molecule has 0 amide bonds. The van der Waals surface area contributed by atoms with Gasteiger partial charge in [-0.2, -0.15) is 16.9 Å². The molecule has 4 N–H and O–H groups in total. The average Bonchev–Trinajstić information content (AvgIpc) is 2.05. The van der Waals surface area contributed by atoms with Gasteiger partial charge in [-0.15, -0.1) is 11.8 Å². The maximum absolute atomic E-state index is 5.54. The molecule has 10 heavy (non-hydrogen) atoms.